The summed E-state index contributed by atoms with van der Waals surface area (Å²) in [5.74, 6) is 0.903. The van der Waals surface area contributed by atoms with Gasteiger partial charge >= 0.3 is 5.97 Å². The van der Waals surface area contributed by atoms with Gasteiger partial charge in [-0.15, -0.1) is 0 Å². The largest absolute Gasteiger partial charge is 0.493 e. The second kappa shape index (κ2) is 9.94. The van der Waals surface area contributed by atoms with Crippen molar-refractivity contribution in [3.8, 4) is 11.5 Å². The Kier molecular flexibility index (Phi) is 7.04. The van der Waals surface area contributed by atoms with Crippen molar-refractivity contribution in [1.82, 2.24) is 10.2 Å². The maximum Gasteiger partial charge on any atom is 0.327 e. The van der Waals surface area contributed by atoms with E-state index in [0.29, 0.717) is 11.5 Å². The van der Waals surface area contributed by atoms with Crippen LogP contribution in [0.25, 0.3) is 0 Å². The lowest BCUT2D eigenvalue weighted by Gasteiger charge is -2.38. The van der Waals surface area contributed by atoms with E-state index in [1.165, 1.54) is 13.5 Å². The van der Waals surface area contributed by atoms with Gasteiger partial charge in [-0.05, 0) is 61.8 Å². The Morgan fingerprint density at radius 3 is 2.41 bits per heavy atom. The van der Waals surface area contributed by atoms with Crippen LogP contribution in [0.4, 0.5) is 0 Å². The van der Waals surface area contributed by atoms with E-state index >= 15 is 0 Å². The highest BCUT2D eigenvalue weighted by Gasteiger charge is 2.44. The number of hydrogen-bond acceptors (Lipinski definition) is 6. The summed E-state index contributed by atoms with van der Waals surface area (Å²) in [6.07, 6.45) is 9.10. The Labute approximate surface area is 190 Å². The number of amides is 1. The number of esters is 1. The zero-order chi connectivity index (χ0) is 22.7. The van der Waals surface area contributed by atoms with Gasteiger partial charge in [0.25, 0.3) is 5.91 Å². The number of nitrogens with one attached hydrogen (secondary N) is 1. The Hall–Kier alpha value is -2.54. The van der Waals surface area contributed by atoms with Crippen molar-refractivity contribution in [2.45, 2.75) is 76.0 Å². The first-order valence-electron chi connectivity index (χ1n) is 11.7. The van der Waals surface area contributed by atoms with Crippen molar-refractivity contribution in [1.29, 1.82) is 0 Å². The molecule has 7 heteroatoms. The third-order valence-corrected chi connectivity index (χ3v) is 7.08. The normalized spacial score (nSPS) is 22.5. The monoisotopic (exact) mass is 442 g/mol. The first kappa shape index (κ1) is 22.6. The molecule has 0 radical (unpaired) electrons. The topological polar surface area (TPSA) is 77.1 Å². The number of ether oxygens (including phenoxy) is 3. The summed E-state index contributed by atoms with van der Waals surface area (Å²) >= 11 is 0. The molecule has 1 saturated carbocycles. The number of methoxy groups -OCH3 is 3. The lowest BCUT2D eigenvalue weighted by molar-refractivity contribution is -0.145. The average molecular weight is 443 g/mol. The molecule has 2 atom stereocenters. The summed E-state index contributed by atoms with van der Waals surface area (Å²) < 4.78 is 16.0. The second-order valence-corrected chi connectivity index (χ2v) is 8.85. The molecule has 0 saturated heterocycles. The highest BCUT2D eigenvalue weighted by atomic mass is 16.5. The van der Waals surface area contributed by atoms with Crippen LogP contribution in [0.2, 0.25) is 0 Å². The zero-order valence-electron chi connectivity index (χ0n) is 19.3. The van der Waals surface area contributed by atoms with Gasteiger partial charge in [-0.3, -0.25) is 10.1 Å². The Morgan fingerprint density at radius 2 is 1.72 bits per heavy atom. The van der Waals surface area contributed by atoms with Crippen LogP contribution >= 0.6 is 0 Å². The van der Waals surface area contributed by atoms with Gasteiger partial charge in [-0.25, -0.2) is 4.79 Å². The molecule has 0 aromatic heterocycles. The van der Waals surface area contributed by atoms with Crippen LogP contribution in [-0.2, 0) is 14.3 Å². The van der Waals surface area contributed by atoms with Crippen LogP contribution in [0.5, 0.6) is 11.5 Å². The predicted molar refractivity (Wildman–Crippen MR) is 120 cm³/mol. The van der Waals surface area contributed by atoms with Crippen molar-refractivity contribution in [3.05, 3.63) is 34.9 Å². The molecule has 0 bridgehead atoms. The number of carbonyl (C=O) groups is 2. The van der Waals surface area contributed by atoms with Gasteiger partial charge in [0, 0.05) is 11.6 Å². The maximum atomic E-state index is 13.5. The molecule has 1 aliphatic heterocycles. The van der Waals surface area contributed by atoms with Crippen LogP contribution in [0.15, 0.2) is 29.3 Å². The van der Waals surface area contributed by atoms with Crippen LogP contribution in [0, 0.1) is 0 Å². The van der Waals surface area contributed by atoms with Gasteiger partial charge in [-0.1, -0.05) is 25.3 Å². The fourth-order valence-corrected chi connectivity index (χ4v) is 5.44. The first-order chi connectivity index (χ1) is 15.6. The minimum Gasteiger partial charge on any atom is -0.493 e. The summed E-state index contributed by atoms with van der Waals surface area (Å²) in [4.78, 5) is 28.4. The number of hydrogen-bond donors (Lipinski definition) is 1. The number of carbonyl (C=O) groups excluding carboxylic acids is 2. The summed E-state index contributed by atoms with van der Waals surface area (Å²) in [6.45, 7) is 0. The smallest absolute Gasteiger partial charge is 0.327 e. The van der Waals surface area contributed by atoms with Gasteiger partial charge in [0.15, 0.2) is 11.5 Å². The average Bonchev–Trinajstić information content (AvgIpc) is 3.13. The molecule has 1 aromatic carbocycles. The molecule has 1 N–H and O–H groups in total. The molecule has 3 aliphatic rings. The lowest BCUT2D eigenvalue weighted by atomic mass is 9.91. The van der Waals surface area contributed by atoms with E-state index in [2.05, 4.69) is 5.32 Å². The van der Waals surface area contributed by atoms with E-state index in [4.69, 9.17) is 14.2 Å². The predicted octanol–water partition coefficient (Wildman–Crippen LogP) is 3.88. The molecule has 1 heterocycles. The van der Waals surface area contributed by atoms with Gasteiger partial charge in [0.1, 0.15) is 12.2 Å². The first-order valence-corrected chi connectivity index (χ1v) is 11.7. The van der Waals surface area contributed by atoms with Crippen molar-refractivity contribution >= 4 is 11.9 Å². The molecular formula is C25H34N2O5. The third-order valence-electron chi connectivity index (χ3n) is 7.08. The van der Waals surface area contributed by atoms with Crippen molar-refractivity contribution in [2.75, 3.05) is 21.3 Å². The molecule has 7 nitrogen and oxygen atoms in total. The molecule has 1 aromatic rings. The quantitative estimate of drug-likeness (QED) is 0.646. The molecule has 174 valence electrons. The molecule has 1 amide bonds. The van der Waals surface area contributed by atoms with E-state index in [-0.39, 0.29) is 18.1 Å². The summed E-state index contributed by atoms with van der Waals surface area (Å²) in [5, 5.41) is 3.53. The van der Waals surface area contributed by atoms with Crippen LogP contribution in [0.1, 0.15) is 69.4 Å². The number of nitrogens with zero attached hydrogens (tertiary/aromatic N) is 1. The van der Waals surface area contributed by atoms with E-state index in [0.717, 1.165) is 68.1 Å². The van der Waals surface area contributed by atoms with Gasteiger partial charge in [-0.2, -0.15) is 0 Å². The number of rotatable bonds is 7. The highest BCUT2D eigenvalue weighted by Crippen LogP contribution is 2.40. The van der Waals surface area contributed by atoms with Gasteiger partial charge < -0.3 is 19.1 Å². The third kappa shape index (κ3) is 4.22. The summed E-state index contributed by atoms with van der Waals surface area (Å²) in [6, 6.07) is 4.91. The fraction of sp³-hybridized carbons (Fsp3) is 0.600. The highest BCUT2D eigenvalue weighted by molar-refractivity contribution is 5.98. The molecule has 0 unspecified atom stereocenters. The van der Waals surface area contributed by atoms with Crippen LogP contribution < -0.4 is 14.8 Å². The molecule has 2 aliphatic carbocycles. The van der Waals surface area contributed by atoms with Crippen LogP contribution in [0.3, 0.4) is 0 Å². The molecule has 4 rings (SSSR count). The Morgan fingerprint density at radius 1 is 1.00 bits per heavy atom. The van der Waals surface area contributed by atoms with Crippen molar-refractivity contribution < 1.29 is 23.8 Å². The SMILES string of the molecule is COC(=O)[C@H](N[C@H]1C2=C(CCCC2)C(=O)N1C1CCCCC1)c1ccc(OC)c(OC)c1. The fourth-order valence-electron chi connectivity index (χ4n) is 5.44. The zero-order valence-corrected chi connectivity index (χ0v) is 19.3. The maximum absolute atomic E-state index is 13.5. The minimum atomic E-state index is -0.725. The minimum absolute atomic E-state index is 0.153. The van der Waals surface area contributed by atoms with Gasteiger partial charge in [0.05, 0.1) is 21.3 Å². The summed E-state index contributed by atoms with van der Waals surface area (Å²) in [7, 11) is 4.54. The molecule has 0 spiro atoms. The van der Waals surface area contributed by atoms with Crippen LogP contribution in [-0.4, -0.2) is 50.3 Å². The van der Waals surface area contributed by atoms with E-state index in [1.54, 1.807) is 26.4 Å². The van der Waals surface area contributed by atoms with Gasteiger partial charge in [0.2, 0.25) is 0 Å². The Bertz CT molecular complexity index is 890. The molecular weight excluding hydrogens is 408 g/mol. The van der Waals surface area contributed by atoms with Crippen molar-refractivity contribution in [2.24, 2.45) is 0 Å². The Balaban J connectivity index is 1.69. The summed E-state index contributed by atoms with van der Waals surface area (Å²) in [5.41, 5.74) is 2.83. The number of benzene rings is 1. The molecule has 1 fully saturated rings. The van der Waals surface area contributed by atoms with E-state index < -0.39 is 12.0 Å². The van der Waals surface area contributed by atoms with Crippen molar-refractivity contribution in [3.63, 3.8) is 0 Å². The lowest BCUT2D eigenvalue weighted by Crippen LogP contribution is -2.53. The van der Waals surface area contributed by atoms with E-state index in [9.17, 15) is 9.59 Å². The molecule has 32 heavy (non-hydrogen) atoms. The van der Waals surface area contributed by atoms with E-state index in [1.807, 2.05) is 11.0 Å². The second-order valence-electron chi connectivity index (χ2n) is 8.85. The standard InChI is InChI=1S/C25H34N2O5/c1-30-20-14-13-16(15-21(20)31-2)22(25(29)32-3)26-23-18-11-7-8-12-19(18)24(28)27(23)17-9-5-4-6-10-17/h13-15,17,22-23,26H,4-12H2,1-3H3/t22-,23-/m1/s1.